The second-order valence-electron chi connectivity index (χ2n) is 3.63. The molecule has 1 fully saturated rings. The third kappa shape index (κ3) is 1.77. The molecule has 1 aromatic rings. The maximum absolute atomic E-state index is 13.4. The van der Waals surface area contributed by atoms with Crippen LogP contribution in [0.1, 0.15) is 18.4 Å². The summed E-state index contributed by atoms with van der Waals surface area (Å²) in [5.74, 6) is -1.48. The quantitative estimate of drug-likeness (QED) is 0.765. The molecular weight excluding hydrogens is 221 g/mol. The van der Waals surface area contributed by atoms with Crippen LogP contribution in [-0.2, 0) is 10.2 Å². The van der Waals surface area contributed by atoms with E-state index in [0.717, 1.165) is 0 Å². The number of hydrogen-bond donors (Lipinski definition) is 2. The van der Waals surface area contributed by atoms with Crippen molar-refractivity contribution in [2.24, 2.45) is 0 Å². The average Bonchev–Trinajstić information content (AvgIpc) is 2.84. The molecule has 0 aliphatic heterocycles. The fourth-order valence-corrected chi connectivity index (χ4v) is 1.64. The van der Waals surface area contributed by atoms with E-state index in [1.54, 1.807) is 0 Å². The van der Waals surface area contributed by atoms with Gasteiger partial charge in [-0.3, -0.25) is 4.79 Å². The summed E-state index contributed by atoms with van der Waals surface area (Å²) in [5, 5.41) is 8.95. The number of benzene rings is 1. The van der Waals surface area contributed by atoms with Crippen LogP contribution < -0.4 is 5.73 Å². The van der Waals surface area contributed by atoms with E-state index < -0.39 is 17.2 Å². The van der Waals surface area contributed by atoms with Gasteiger partial charge in [0.05, 0.1) is 5.41 Å². The second kappa shape index (κ2) is 3.70. The van der Waals surface area contributed by atoms with E-state index in [9.17, 15) is 9.18 Å². The normalized spacial score (nSPS) is 16.6. The maximum Gasteiger partial charge on any atom is 0.314 e. The van der Waals surface area contributed by atoms with Crippen molar-refractivity contribution >= 4 is 24.1 Å². The van der Waals surface area contributed by atoms with Gasteiger partial charge in [-0.15, -0.1) is 12.4 Å². The second-order valence-corrected chi connectivity index (χ2v) is 3.63. The van der Waals surface area contributed by atoms with E-state index in [0.29, 0.717) is 18.5 Å². The molecule has 0 amide bonds. The van der Waals surface area contributed by atoms with Crippen LogP contribution in [0, 0.1) is 5.82 Å². The zero-order valence-corrected chi connectivity index (χ0v) is 8.68. The number of hydrogen-bond acceptors (Lipinski definition) is 2. The molecule has 1 aliphatic rings. The van der Waals surface area contributed by atoms with Gasteiger partial charge in [0, 0.05) is 11.3 Å². The van der Waals surface area contributed by atoms with Gasteiger partial charge in [-0.25, -0.2) is 4.39 Å². The highest BCUT2D eigenvalue weighted by Crippen LogP contribution is 2.49. The first kappa shape index (κ1) is 11.8. The first-order chi connectivity index (χ1) is 6.56. The van der Waals surface area contributed by atoms with E-state index in [4.69, 9.17) is 10.8 Å². The zero-order valence-electron chi connectivity index (χ0n) is 7.87. The Balaban J connectivity index is 0.00000112. The van der Waals surface area contributed by atoms with Gasteiger partial charge in [0.15, 0.2) is 0 Å². The van der Waals surface area contributed by atoms with Crippen LogP contribution in [0.3, 0.4) is 0 Å². The number of halogens is 2. The van der Waals surface area contributed by atoms with Crippen molar-refractivity contribution in [2.45, 2.75) is 18.3 Å². The molecule has 2 rings (SSSR count). The summed E-state index contributed by atoms with van der Waals surface area (Å²) < 4.78 is 13.4. The fraction of sp³-hybridized carbons (Fsp3) is 0.300. The third-order valence-corrected chi connectivity index (χ3v) is 2.67. The lowest BCUT2D eigenvalue weighted by molar-refractivity contribution is -0.140. The van der Waals surface area contributed by atoms with Gasteiger partial charge in [0.2, 0.25) is 0 Å². The smallest absolute Gasteiger partial charge is 0.314 e. The number of carboxylic acids is 1. The predicted molar refractivity (Wildman–Crippen MR) is 56.6 cm³/mol. The number of aliphatic carboxylic acids is 1. The molecule has 0 bridgehead atoms. The number of carbonyl (C=O) groups is 1. The molecule has 0 unspecified atom stereocenters. The van der Waals surface area contributed by atoms with Crippen LogP contribution in [0.2, 0.25) is 0 Å². The Labute approximate surface area is 92.5 Å². The Morgan fingerprint density at radius 2 is 2.07 bits per heavy atom. The highest BCUT2D eigenvalue weighted by Gasteiger charge is 2.53. The van der Waals surface area contributed by atoms with Crippen molar-refractivity contribution < 1.29 is 14.3 Å². The molecule has 0 spiro atoms. The summed E-state index contributed by atoms with van der Waals surface area (Å²) in [4.78, 5) is 10.9. The fourth-order valence-electron chi connectivity index (χ4n) is 1.64. The molecule has 82 valence electrons. The van der Waals surface area contributed by atoms with Crippen molar-refractivity contribution in [3.05, 3.63) is 29.6 Å². The Kier molecular flexibility index (Phi) is 2.90. The lowest BCUT2D eigenvalue weighted by Gasteiger charge is -2.11. The summed E-state index contributed by atoms with van der Waals surface area (Å²) >= 11 is 0. The average molecular weight is 232 g/mol. The number of anilines is 1. The minimum Gasteiger partial charge on any atom is -0.481 e. The molecule has 3 N–H and O–H groups in total. The number of nitrogen functional groups attached to an aromatic ring is 1. The molecule has 15 heavy (non-hydrogen) atoms. The lowest BCUT2D eigenvalue weighted by atomic mass is 9.95. The Hall–Kier alpha value is -1.29. The number of rotatable bonds is 2. The van der Waals surface area contributed by atoms with Crippen molar-refractivity contribution in [3.8, 4) is 0 Å². The van der Waals surface area contributed by atoms with E-state index in [-0.39, 0.29) is 18.0 Å². The molecule has 5 heteroatoms. The van der Waals surface area contributed by atoms with E-state index in [1.165, 1.54) is 18.2 Å². The number of carboxylic acid groups (broad SMARTS) is 1. The van der Waals surface area contributed by atoms with Crippen molar-refractivity contribution in [2.75, 3.05) is 5.73 Å². The van der Waals surface area contributed by atoms with Gasteiger partial charge in [-0.2, -0.15) is 0 Å². The first-order valence-electron chi connectivity index (χ1n) is 4.35. The first-order valence-corrected chi connectivity index (χ1v) is 4.35. The minimum absolute atomic E-state index is 0. The van der Waals surface area contributed by atoms with E-state index >= 15 is 0 Å². The van der Waals surface area contributed by atoms with Gasteiger partial charge in [-0.1, -0.05) is 6.07 Å². The van der Waals surface area contributed by atoms with Crippen LogP contribution in [0.4, 0.5) is 10.1 Å². The van der Waals surface area contributed by atoms with Crippen LogP contribution in [-0.4, -0.2) is 11.1 Å². The molecule has 0 radical (unpaired) electrons. The van der Waals surface area contributed by atoms with Gasteiger partial charge in [0.1, 0.15) is 5.82 Å². The van der Waals surface area contributed by atoms with Gasteiger partial charge in [0.25, 0.3) is 0 Å². The summed E-state index contributed by atoms with van der Waals surface area (Å²) in [7, 11) is 0. The van der Waals surface area contributed by atoms with Gasteiger partial charge in [-0.05, 0) is 25.0 Å². The molecule has 0 saturated heterocycles. The molecule has 1 aliphatic carbocycles. The Morgan fingerprint density at radius 1 is 1.47 bits per heavy atom. The monoisotopic (exact) mass is 231 g/mol. The maximum atomic E-state index is 13.4. The predicted octanol–water partition coefficient (Wildman–Crippen LogP) is 1.95. The molecule has 1 saturated carbocycles. The van der Waals surface area contributed by atoms with Crippen LogP contribution in [0.25, 0.3) is 0 Å². The Morgan fingerprint density at radius 3 is 2.47 bits per heavy atom. The zero-order chi connectivity index (χ0) is 10.3. The molecular formula is C10H11ClFNO2. The van der Waals surface area contributed by atoms with Gasteiger partial charge < -0.3 is 10.8 Å². The topological polar surface area (TPSA) is 63.3 Å². The SMILES string of the molecule is Cl.Nc1ccc(C2(C(=O)O)CC2)c(F)c1. The summed E-state index contributed by atoms with van der Waals surface area (Å²) in [5.41, 5.74) is 4.95. The largest absolute Gasteiger partial charge is 0.481 e. The molecule has 0 aromatic heterocycles. The summed E-state index contributed by atoms with van der Waals surface area (Å²) in [6, 6.07) is 4.16. The van der Waals surface area contributed by atoms with Crippen LogP contribution >= 0.6 is 12.4 Å². The highest BCUT2D eigenvalue weighted by atomic mass is 35.5. The van der Waals surface area contributed by atoms with Crippen LogP contribution in [0.15, 0.2) is 18.2 Å². The molecule has 0 heterocycles. The molecule has 0 atom stereocenters. The lowest BCUT2D eigenvalue weighted by Crippen LogP contribution is -2.20. The third-order valence-electron chi connectivity index (χ3n) is 2.67. The summed E-state index contributed by atoms with van der Waals surface area (Å²) in [6.45, 7) is 0. The number of nitrogens with two attached hydrogens (primary N) is 1. The molecule has 1 aromatic carbocycles. The minimum atomic E-state index is -0.988. The standard InChI is InChI=1S/C10H10FNO2.ClH/c11-8-5-6(12)1-2-7(8)10(3-4-10)9(13)14;/h1-2,5H,3-4,12H2,(H,13,14);1H. The highest BCUT2D eigenvalue weighted by molar-refractivity contribution is 5.85. The van der Waals surface area contributed by atoms with Crippen LogP contribution in [0.5, 0.6) is 0 Å². The van der Waals surface area contributed by atoms with Crippen molar-refractivity contribution in [1.82, 2.24) is 0 Å². The summed E-state index contributed by atoms with van der Waals surface area (Å²) in [6.07, 6.45) is 1.01. The van der Waals surface area contributed by atoms with Gasteiger partial charge >= 0.3 is 5.97 Å². The molecule has 3 nitrogen and oxygen atoms in total. The van der Waals surface area contributed by atoms with Crippen molar-refractivity contribution in [3.63, 3.8) is 0 Å². The van der Waals surface area contributed by atoms with E-state index in [1.807, 2.05) is 0 Å². The van der Waals surface area contributed by atoms with Crippen molar-refractivity contribution in [1.29, 1.82) is 0 Å². The van der Waals surface area contributed by atoms with E-state index in [2.05, 4.69) is 0 Å². The Bertz CT molecular complexity index is 404.